The van der Waals surface area contributed by atoms with Crippen molar-refractivity contribution < 1.29 is 0 Å². The van der Waals surface area contributed by atoms with E-state index >= 15 is 0 Å². The highest BCUT2D eigenvalue weighted by molar-refractivity contribution is 6.17. The third kappa shape index (κ3) is 7.39. The summed E-state index contributed by atoms with van der Waals surface area (Å²) < 4.78 is 0. The molecule has 10 aromatic carbocycles. The summed E-state index contributed by atoms with van der Waals surface area (Å²) >= 11 is 0. The Morgan fingerprint density at radius 1 is 0.462 bits per heavy atom. The molecule has 0 radical (unpaired) electrons. The molecule has 3 nitrogen and oxygen atoms in total. The summed E-state index contributed by atoms with van der Waals surface area (Å²) in [5, 5.41) is 20.7. The van der Waals surface area contributed by atoms with Crippen LogP contribution in [-0.4, -0.2) is 7.05 Å². The lowest BCUT2D eigenvalue weighted by atomic mass is 9.77. The van der Waals surface area contributed by atoms with Gasteiger partial charge in [-0.15, -0.1) is 0 Å². The van der Waals surface area contributed by atoms with Crippen molar-refractivity contribution >= 4 is 65.1 Å². The first kappa shape index (κ1) is 41.5. The van der Waals surface area contributed by atoms with Gasteiger partial charge in [-0.05, 0) is 120 Å². The van der Waals surface area contributed by atoms with Gasteiger partial charge in [0.25, 0.3) is 0 Å². The quantitative estimate of drug-likeness (QED) is 0.115. The predicted octanol–water partition coefficient (Wildman–Crippen LogP) is 15.4. The van der Waals surface area contributed by atoms with Crippen molar-refractivity contribution in [3.05, 3.63) is 264 Å². The minimum absolute atomic E-state index is 0.00127. The van der Waals surface area contributed by atoms with E-state index in [2.05, 4.69) is 223 Å². The number of allylic oxidation sites excluding steroid dienone is 6. The van der Waals surface area contributed by atoms with E-state index in [-0.39, 0.29) is 12.2 Å². The van der Waals surface area contributed by atoms with Gasteiger partial charge in [0, 0.05) is 11.1 Å². The van der Waals surface area contributed by atoms with Crippen LogP contribution in [-0.2, 0) is 5.41 Å². The van der Waals surface area contributed by atoms with E-state index in [0.717, 1.165) is 0 Å². The van der Waals surface area contributed by atoms with E-state index in [1.165, 1.54) is 106 Å². The van der Waals surface area contributed by atoms with Gasteiger partial charge in [0.2, 0.25) is 0 Å². The lowest BCUT2D eigenvalue weighted by Crippen LogP contribution is -2.37. The number of hydrogen-bond donors (Lipinski definition) is 3. The Morgan fingerprint density at radius 2 is 0.985 bits per heavy atom. The van der Waals surface area contributed by atoms with Crippen molar-refractivity contribution in [3.63, 3.8) is 0 Å². The molecule has 0 aromatic heterocycles. The zero-order chi connectivity index (χ0) is 44.3. The smallest absolute Gasteiger partial charge is 0.104 e. The molecule has 0 amide bonds. The number of benzene rings is 10. The largest absolute Gasteiger partial charge is 0.365 e. The second kappa shape index (κ2) is 17.9. The van der Waals surface area contributed by atoms with Crippen molar-refractivity contribution in [1.29, 1.82) is 0 Å². The van der Waals surface area contributed by atoms with Crippen LogP contribution in [0.5, 0.6) is 0 Å². The van der Waals surface area contributed by atoms with E-state index < -0.39 is 5.41 Å². The first-order valence-electron chi connectivity index (χ1n) is 22.7. The molecule has 10 aromatic rings. The average Bonchev–Trinajstić information content (AvgIpc) is 4.14. The monoisotopic (exact) mass is 839 g/mol. The second-order valence-corrected chi connectivity index (χ2v) is 16.8. The van der Waals surface area contributed by atoms with Gasteiger partial charge in [0.05, 0.1) is 11.5 Å². The SMILES string of the molecule is C/C=C\C=C/C.C1=C(c2cc3ccccc3c3ccccc23)C1(c1ccc(C2NC(c3ccccc3)Nc3c2ccc2ccccc32)cc1)c1cc2ccccc2c2ccccc12.CN. The third-order valence-corrected chi connectivity index (χ3v) is 13.2. The van der Waals surface area contributed by atoms with Gasteiger partial charge >= 0.3 is 0 Å². The molecule has 316 valence electrons. The molecule has 0 fully saturated rings. The van der Waals surface area contributed by atoms with Crippen LogP contribution in [0.4, 0.5) is 5.69 Å². The summed E-state index contributed by atoms with van der Waals surface area (Å²) in [6, 6.07) is 74.0. The van der Waals surface area contributed by atoms with Crippen molar-refractivity contribution in [2.45, 2.75) is 31.5 Å². The van der Waals surface area contributed by atoms with E-state index in [1.807, 2.05) is 38.2 Å². The van der Waals surface area contributed by atoms with Gasteiger partial charge in [-0.1, -0.05) is 218 Å². The zero-order valence-corrected chi connectivity index (χ0v) is 37.2. The van der Waals surface area contributed by atoms with E-state index in [0.29, 0.717) is 0 Å². The molecule has 3 heteroatoms. The molecule has 0 saturated carbocycles. The zero-order valence-electron chi connectivity index (χ0n) is 37.2. The fraction of sp³-hybridized carbons (Fsp3) is 0.0968. The molecular formula is C62H53N3. The van der Waals surface area contributed by atoms with Gasteiger partial charge in [-0.25, -0.2) is 0 Å². The topological polar surface area (TPSA) is 50.1 Å². The molecule has 2 aliphatic rings. The van der Waals surface area contributed by atoms with Crippen LogP contribution in [0.1, 0.15) is 59.4 Å². The molecule has 1 aliphatic heterocycles. The van der Waals surface area contributed by atoms with Crippen LogP contribution >= 0.6 is 0 Å². The van der Waals surface area contributed by atoms with Crippen LogP contribution in [0, 0.1) is 0 Å². The van der Waals surface area contributed by atoms with Gasteiger partial charge < -0.3 is 11.1 Å². The van der Waals surface area contributed by atoms with Gasteiger partial charge in [0.1, 0.15) is 6.17 Å². The molecule has 0 saturated heterocycles. The fourth-order valence-electron chi connectivity index (χ4n) is 10.1. The molecule has 12 rings (SSSR count). The average molecular weight is 840 g/mol. The Hall–Kier alpha value is -7.56. The van der Waals surface area contributed by atoms with E-state index in [4.69, 9.17) is 0 Å². The lowest BCUT2D eigenvalue weighted by molar-refractivity contribution is 0.507. The standard InChI is InChI=1S/C55H38N2.C6H10.CH5N/c1-2-15-37(16-3-1)54-56-52(48-31-28-35-14-4-9-21-43(35)53(48)57-54)36-26-29-40(30-27-36)55(50-33-39-18-6-8-20-42(39)45-23-12-13-25-47(45)50)34-51(55)49-32-38-17-5-7-19-41(38)44-22-10-11-24-46(44)49;1-3-5-6-4-2;1-2/h1-34,52,54,56-57H;3-6H,1-2H3;2H2,1H3/b;5-3-,6-4-;. The third-order valence-electron chi connectivity index (χ3n) is 13.2. The van der Waals surface area contributed by atoms with E-state index in [1.54, 1.807) is 0 Å². The molecule has 0 spiro atoms. The Kier molecular flexibility index (Phi) is 11.4. The highest BCUT2D eigenvalue weighted by Crippen LogP contribution is 2.60. The minimum atomic E-state index is -0.407. The lowest BCUT2D eigenvalue weighted by Gasteiger charge is -2.36. The van der Waals surface area contributed by atoms with Crippen LogP contribution in [0.15, 0.2) is 231 Å². The molecular weight excluding hydrogens is 787 g/mol. The maximum atomic E-state index is 4.50. The van der Waals surface area contributed by atoms with Gasteiger partial charge in [-0.2, -0.15) is 0 Å². The number of nitrogens with one attached hydrogen (secondary N) is 2. The minimum Gasteiger partial charge on any atom is -0.365 e. The van der Waals surface area contributed by atoms with Crippen molar-refractivity contribution in [3.8, 4) is 0 Å². The normalized spacial score (nSPS) is 17.6. The number of hydrogen-bond acceptors (Lipinski definition) is 3. The Balaban J connectivity index is 0.000000579. The van der Waals surface area contributed by atoms with Crippen LogP contribution in [0.3, 0.4) is 0 Å². The predicted molar refractivity (Wildman–Crippen MR) is 280 cm³/mol. The van der Waals surface area contributed by atoms with Crippen molar-refractivity contribution in [1.82, 2.24) is 5.32 Å². The van der Waals surface area contributed by atoms with Gasteiger partial charge in [0.15, 0.2) is 0 Å². The van der Waals surface area contributed by atoms with Crippen molar-refractivity contribution in [2.24, 2.45) is 5.73 Å². The fourth-order valence-corrected chi connectivity index (χ4v) is 10.1. The first-order chi connectivity index (χ1) is 32.2. The maximum absolute atomic E-state index is 4.50. The van der Waals surface area contributed by atoms with Crippen LogP contribution in [0.25, 0.3) is 59.4 Å². The summed E-state index contributed by atoms with van der Waals surface area (Å²) in [5.41, 5.74) is 14.3. The maximum Gasteiger partial charge on any atom is 0.104 e. The number of rotatable bonds is 6. The summed E-state index contributed by atoms with van der Waals surface area (Å²) in [4.78, 5) is 0. The Bertz CT molecular complexity index is 3420. The van der Waals surface area contributed by atoms with E-state index in [9.17, 15) is 0 Å². The highest BCUT2D eigenvalue weighted by atomic mass is 15.2. The molecule has 65 heavy (non-hydrogen) atoms. The molecule has 1 aliphatic carbocycles. The number of fused-ring (bicyclic) bond motifs is 9. The summed E-state index contributed by atoms with van der Waals surface area (Å²) in [7, 11) is 1.50. The number of nitrogens with two attached hydrogens (primary N) is 1. The highest BCUT2D eigenvalue weighted by Gasteiger charge is 2.49. The van der Waals surface area contributed by atoms with Crippen LogP contribution < -0.4 is 16.4 Å². The summed E-state index contributed by atoms with van der Waals surface area (Å²) in [6.07, 6.45) is 10.5. The Labute approximate surface area is 382 Å². The number of anilines is 1. The molecule has 1 heterocycles. The van der Waals surface area contributed by atoms with Crippen LogP contribution in [0.2, 0.25) is 0 Å². The molecule has 4 N–H and O–H groups in total. The summed E-state index contributed by atoms with van der Waals surface area (Å²) in [6.45, 7) is 4.00. The van der Waals surface area contributed by atoms with Gasteiger partial charge in [-0.3, -0.25) is 5.32 Å². The first-order valence-corrected chi connectivity index (χ1v) is 22.7. The Morgan fingerprint density at radius 3 is 1.63 bits per heavy atom. The molecule has 0 bridgehead atoms. The molecule has 3 atom stereocenters. The molecule has 3 unspecified atom stereocenters. The van der Waals surface area contributed by atoms with Crippen molar-refractivity contribution in [2.75, 3.05) is 12.4 Å². The second-order valence-electron chi connectivity index (χ2n) is 16.8. The summed E-state index contributed by atoms with van der Waals surface area (Å²) in [5.74, 6) is 0.